The van der Waals surface area contributed by atoms with E-state index in [0.29, 0.717) is 14.9 Å². The van der Waals surface area contributed by atoms with Gasteiger partial charge < -0.3 is 5.11 Å². The first-order valence-corrected chi connectivity index (χ1v) is 9.22. The van der Waals surface area contributed by atoms with E-state index in [-0.39, 0.29) is 11.5 Å². The lowest BCUT2D eigenvalue weighted by molar-refractivity contribution is -0.113. The molecule has 0 spiro atoms. The number of pyridine rings is 1. The summed E-state index contributed by atoms with van der Waals surface area (Å²) < 4.78 is 0.410. The van der Waals surface area contributed by atoms with Crippen LogP contribution in [0.5, 0.6) is 0 Å². The van der Waals surface area contributed by atoms with E-state index in [9.17, 15) is 9.59 Å². The highest BCUT2D eigenvalue weighted by Crippen LogP contribution is 2.36. The molecule has 1 aliphatic rings. The molecule has 4 rings (SSSR count). The van der Waals surface area contributed by atoms with Gasteiger partial charge in [-0.05, 0) is 48.0 Å². The van der Waals surface area contributed by atoms with Crippen LogP contribution in [0.25, 0.3) is 17.0 Å². The summed E-state index contributed by atoms with van der Waals surface area (Å²) in [6.45, 7) is 0. The number of carboxylic acid groups (broad SMARTS) is 1. The number of carboxylic acids is 1. The number of benzene rings is 2. The predicted octanol–water partition coefficient (Wildman–Crippen LogP) is 4.34. The first-order valence-electron chi connectivity index (χ1n) is 7.99. The maximum atomic E-state index is 12.9. The van der Waals surface area contributed by atoms with Crippen molar-refractivity contribution in [1.82, 2.24) is 4.98 Å². The Morgan fingerprint density at radius 3 is 2.59 bits per heavy atom. The van der Waals surface area contributed by atoms with E-state index < -0.39 is 5.97 Å². The van der Waals surface area contributed by atoms with Crippen LogP contribution in [0.4, 0.5) is 5.69 Å². The van der Waals surface area contributed by atoms with Crippen LogP contribution >= 0.6 is 24.0 Å². The molecule has 1 N–H and O–H groups in total. The van der Waals surface area contributed by atoms with Gasteiger partial charge in [0.15, 0.2) is 4.32 Å². The summed E-state index contributed by atoms with van der Waals surface area (Å²) in [6.07, 6.45) is 3.52. The van der Waals surface area contributed by atoms with E-state index >= 15 is 0 Å². The first kappa shape index (κ1) is 17.4. The van der Waals surface area contributed by atoms with Crippen LogP contribution in [0.3, 0.4) is 0 Å². The Morgan fingerprint density at radius 1 is 1.11 bits per heavy atom. The van der Waals surface area contributed by atoms with Crippen LogP contribution in [0.2, 0.25) is 0 Å². The lowest BCUT2D eigenvalue weighted by atomic mass is 10.1. The number of hydrogen-bond donors (Lipinski definition) is 1. The monoisotopic (exact) mass is 392 g/mol. The zero-order valence-electron chi connectivity index (χ0n) is 13.8. The molecule has 5 nitrogen and oxygen atoms in total. The summed E-state index contributed by atoms with van der Waals surface area (Å²) in [5.74, 6) is -1.25. The van der Waals surface area contributed by atoms with Gasteiger partial charge in [0.25, 0.3) is 5.91 Å². The molecule has 1 aromatic heterocycles. The highest BCUT2D eigenvalue weighted by molar-refractivity contribution is 8.27. The predicted molar refractivity (Wildman–Crippen MR) is 111 cm³/mol. The van der Waals surface area contributed by atoms with Crippen LogP contribution in [0.15, 0.2) is 65.7 Å². The average Bonchev–Trinajstić information content (AvgIpc) is 2.95. The standard InChI is InChI=1S/C20H12N2O3S2/c23-18-17(11-13-9-10-21-16-4-2-1-3-15(13)16)27-20(26)22(18)14-7-5-12(6-8-14)19(24)25/h1-11H,(H,24,25). The Bertz CT molecular complexity index is 1120. The van der Waals surface area contributed by atoms with E-state index in [1.807, 2.05) is 36.4 Å². The van der Waals surface area contributed by atoms with E-state index in [0.717, 1.165) is 16.5 Å². The molecule has 7 heteroatoms. The number of aromatic nitrogens is 1. The number of hydrogen-bond acceptors (Lipinski definition) is 5. The molecule has 3 aromatic rings. The smallest absolute Gasteiger partial charge is 0.335 e. The highest BCUT2D eigenvalue weighted by atomic mass is 32.2. The summed E-state index contributed by atoms with van der Waals surface area (Å²) in [6, 6.07) is 15.7. The normalized spacial score (nSPS) is 15.7. The fourth-order valence-corrected chi connectivity index (χ4v) is 4.12. The first-order chi connectivity index (χ1) is 13.0. The van der Waals surface area contributed by atoms with Gasteiger partial charge in [-0.25, -0.2) is 4.79 Å². The topological polar surface area (TPSA) is 70.5 Å². The molecule has 0 aliphatic carbocycles. The van der Waals surface area contributed by atoms with Gasteiger partial charge in [0.2, 0.25) is 0 Å². The summed E-state index contributed by atoms with van der Waals surface area (Å²) in [5, 5.41) is 9.97. The third-order valence-electron chi connectivity index (χ3n) is 4.14. The van der Waals surface area contributed by atoms with Gasteiger partial charge in [0.1, 0.15) is 0 Å². The second-order valence-corrected chi connectivity index (χ2v) is 7.46. The third-order valence-corrected chi connectivity index (χ3v) is 5.44. The van der Waals surface area contributed by atoms with Gasteiger partial charge in [-0.1, -0.05) is 42.2 Å². The lowest BCUT2D eigenvalue weighted by Crippen LogP contribution is -2.27. The zero-order valence-corrected chi connectivity index (χ0v) is 15.5. The Balaban J connectivity index is 1.70. The van der Waals surface area contributed by atoms with Gasteiger partial charge in [-0.2, -0.15) is 0 Å². The minimum atomic E-state index is -1.02. The van der Waals surface area contributed by atoms with Crippen molar-refractivity contribution in [2.24, 2.45) is 0 Å². The molecular formula is C20H12N2O3S2. The number of fused-ring (bicyclic) bond motifs is 1. The van der Waals surface area contributed by atoms with Crippen molar-refractivity contribution in [1.29, 1.82) is 0 Å². The number of amides is 1. The maximum absolute atomic E-state index is 12.9. The molecule has 2 heterocycles. The largest absolute Gasteiger partial charge is 0.478 e. The summed E-state index contributed by atoms with van der Waals surface area (Å²) in [5.41, 5.74) is 2.45. The molecule has 132 valence electrons. The molecule has 1 amide bonds. The van der Waals surface area contributed by atoms with Crippen LogP contribution in [-0.4, -0.2) is 26.3 Å². The number of anilines is 1. The molecule has 0 saturated carbocycles. The molecule has 2 aromatic carbocycles. The molecular weight excluding hydrogens is 380 g/mol. The number of carbonyl (C=O) groups is 2. The van der Waals surface area contributed by atoms with Crippen molar-refractivity contribution in [3.8, 4) is 0 Å². The van der Waals surface area contributed by atoms with E-state index in [4.69, 9.17) is 17.3 Å². The van der Waals surface area contributed by atoms with Crippen molar-refractivity contribution in [3.63, 3.8) is 0 Å². The number of thioether (sulfide) groups is 1. The molecule has 0 atom stereocenters. The lowest BCUT2D eigenvalue weighted by Gasteiger charge is -2.14. The van der Waals surface area contributed by atoms with Gasteiger partial charge in [-0.15, -0.1) is 0 Å². The molecule has 0 bridgehead atoms. The van der Waals surface area contributed by atoms with Crippen LogP contribution in [-0.2, 0) is 4.79 Å². The van der Waals surface area contributed by atoms with E-state index in [1.165, 1.54) is 28.8 Å². The second kappa shape index (κ2) is 6.94. The summed E-state index contributed by atoms with van der Waals surface area (Å²) in [7, 11) is 0. The molecule has 1 fully saturated rings. The minimum absolute atomic E-state index is 0.156. The fourth-order valence-electron chi connectivity index (χ4n) is 2.83. The highest BCUT2D eigenvalue weighted by Gasteiger charge is 2.33. The quantitative estimate of drug-likeness (QED) is 0.528. The fraction of sp³-hybridized carbons (Fsp3) is 0. The maximum Gasteiger partial charge on any atom is 0.335 e. The van der Waals surface area contributed by atoms with E-state index in [2.05, 4.69) is 4.98 Å². The zero-order chi connectivity index (χ0) is 19.0. The number of para-hydroxylation sites is 1. The second-order valence-electron chi connectivity index (χ2n) is 5.79. The van der Waals surface area contributed by atoms with Crippen molar-refractivity contribution >= 4 is 62.8 Å². The Hall–Kier alpha value is -3.03. The molecule has 1 aliphatic heterocycles. The summed E-state index contributed by atoms with van der Waals surface area (Å²) in [4.78, 5) is 30.2. The Kier molecular flexibility index (Phi) is 4.47. The number of nitrogens with zero attached hydrogens (tertiary/aromatic N) is 2. The number of carbonyl (C=O) groups excluding carboxylic acids is 1. The van der Waals surface area contributed by atoms with Crippen molar-refractivity contribution in [3.05, 3.63) is 76.8 Å². The molecule has 0 unspecified atom stereocenters. The Labute approximate surface area is 164 Å². The van der Waals surface area contributed by atoms with Crippen molar-refractivity contribution in [2.75, 3.05) is 4.90 Å². The van der Waals surface area contributed by atoms with Crippen LogP contribution in [0, 0.1) is 0 Å². The molecule has 1 saturated heterocycles. The van der Waals surface area contributed by atoms with Gasteiger partial charge in [-0.3, -0.25) is 14.7 Å². The minimum Gasteiger partial charge on any atom is -0.478 e. The molecule has 0 radical (unpaired) electrons. The van der Waals surface area contributed by atoms with Gasteiger partial charge >= 0.3 is 5.97 Å². The SMILES string of the molecule is O=C(O)c1ccc(N2C(=O)C(=Cc3ccnc4ccccc34)SC2=S)cc1. The van der Waals surface area contributed by atoms with Gasteiger partial charge in [0, 0.05) is 11.6 Å². The van der Waals surface area contributed by atoms with Crippen LogP contribution < -0.4 is 4.90 Å². The summed E-state index contributed by atoms with van der Waals surface area (Å²) >= 11 is 6.59. The third kappa shape index (κ3) is 3.22. The average molecular weight is 392 g/mol. The van der Waals surface area contributed by atoms with Crippen molar-refractivity contribution in [2.45, 2.75) is 0 Å². The van der Waals surface area contributed by atoms with E-state index in [1.54, 1.807) is 18.3 Å². The number of thiocarbonyl (C=S) groups is 1. The van der Waals surface area contributed by atoms with Crippen LogP contribution in [0.1, 0.15) is 15.9 Å². The van der Waals surface area contributed by atoms with Crippen molar-refractivity contribution < 1.29 is 14.7 Å². The number of aromatic carboxylic acids is 1. The molecule has 27 heavy (non-hydrogen) atoms. The van der Waals surface area contributed by atoms with Gasteiger partial charge in [0.05, 0.1) is 21.7 Å². The Morgan fingerprint density at radius 2 is 1.85 bits per heavy atom. The number of rotatable bonds is 3.